The molecule has 6 nitrogen and oxygen atoms in total. The van der Waals surface area contributed by atoms with Crippen molar-refractivity contribution in [3.05, 3.63) is 0 Å². The number of carboxylic acids is 1. The van der Waals surface area contributed by atoms with Gasteiger partial charge >= 0.3 is 5.97 Å². The molecular weight excluding hydrogens is 302 g/mol. The minimum atomic E-state index is -2.06. The van der Waals surface area contributed by atoms with Crippen molar-refractivity contribution >= 4 is 35.4 Å². The van der Waals surface area contributed by atoms with Gasteiger partial charge in [-0.2, -0.15) is 0 Å². The second kappa shape index (κ2) is 5.08. The normalized spacial score (nSPS) is 37.7. The van der Waals surface area contributed by atoms with E-state index < -0.39 is 39.6 Å². The van der Waals surface area contributed by atoms with Gasteiger partial charge in [0.1, 0.15) is 5.60 Å². The number of carboxylic acid groups (broad SMARTS) is 1. The van der Waals surface area contributed by atoms with Crippen molar-refractivity contribution in [2.75, 3.05) is 18.1 Å². The average molecular weight is 321 g/mol. The second-order valence-electron chi connectivity index (χ2n) is 5.64. The van der Waals surface area contributed by atoms with Crippen LogP contribution in [0.4, 0.5) is 0 Å². The fourth-order valence-electron chi connectivity index (χ4n) is 2.82. The minimum Gasteiger partial charge on any atom is -0.479 e. The van der Waals surface area contributed by atoms with Crippen LogP contribution >= 0.6 is 23.5 Å². The van der Waals surface area contributed by atoms with Crippen LogP contribution in [0.3, 0.4) is 0 Å². The topological polar surface area (TPSA) is 107 Å². The molecule has 0 bridgehead atoms. The van der Waals surface area contributed by atoms with Crippen molar-refractivity contribution in [1.29, 1.82) is 0 Å². The highest BCUT2D eigenvalue weighted by Gasteiger charge is 2.74. The van der Waals surface area contributed by atoms with E-state index in [0.29, 0.717) is 0 Å². The fraction of sp³-hybridized carbons (Fsp3) is 0.833. The highest BCUT2D eigenvalue weighted by molar-refractivity contribution is 8.17. The summed E-state index contributed by atoms with van der Waals surface area (Å²) in [4.78, 5) is 23.9. The molecule has 2 fully saturated rings. The van der Waals surface area contributed by atoms with E-state index in [-0.39, 0.29) is 0 Å². The molecule has 0 radical (unpaired) electrons. The third kappa shape index (κ3) is 1.81. The Bertz CT molecular complexity index is 438. The van der Waals surface area contributed by atoms with Gasteiger partial charge in [0, 0.05) is 0 Å². The number of aliphatic hydroxyl groups is 2. The quantitative estimate of drug-likeness (QED) is 0.574. The SMILES string of the molecule is CC1(C)C(=O)N[C@@](CO)(C(=O)O)[C@]1(O)C1SCCCS1. The third-order valence-electron chi connectivity index (χ3n) is 4.27. The summed E-state index contributed by atoms with van der Waals surface area (Å²) in [6.45, 7) is 2.21. The van der Waals surface area contributed by atoms with E-state index in [1.54, 1.807) is 0 Å². The molecule has 0 aromatic rings. The number of carbonyl (C=O) groups excluding carboxylic acids is 1. The maximum Gasteiger partial charge on any atom is 0.335 e. The number of rotatable bonds is 3. The van der Waals surface area contributed by atoms with Crippen LogP contribution in [-0.4, -0.2) is 61.0 Å². The predicted octanol–water partition coefficient (Wildman–Crippen LogP) is -0.115. The first kappa shape index (κ1) is 15.9. The first-order valence-corrected chi connectivity index (χ1v) is 8.46. The van der Waals surface area contributed by atoms with E-state index in [2.05, 4.69) is 5.32 Å². The van der Waals surface area contributed by atoms with Crippen molar-refractivity contribution in [2.45, 2.75) is 36.0 Å². The molecule has 2 aliphatic rings. The van der Waals surface area contributed by atoms with Crippen molar-refractivity contribution in [3.8, 4) is 0 Å². The Morgan fingerprint density at radius 3 is 2.40 bits per heavy atom. The Balaban J connectivity index is 2.57. The summed E-state index contributed by atoms with van der Waals surface area (Å²) in [7, 11) is 0. The molecule has 4 N–H and O–H groups in total. The maximum atomic E-state index is 12.2. The number of thioether (sulfide) groups is 2. The molecule has 1 amide bonds. The summed E-state index contributed by atoms with van der Waals surface area (Å²) < 4.78 is -0.478. The van der Waals surface area contributed by atoms with E-state index in [0.717, 1.165) is 17.9 Å². The molecule has 2 rings (SSSR count). The molecule has 0 aromatic carbocycles. The van der Waals surface area contributed by atoms with Gasteiger partial charge in [-0.15, -0.1) is 23.5 Å². The number of hydrogen-bond acceptors (Lipinski definition) is 6. The lowest BCUT2D eigenvalue weighted by Gasteiger charge is -2.47. The summed E-state index contributed by atoms with van der Waals surface area (Å²) in [6.07, 6.45) is 0.975. The van der Waals surface area contributed by atoms with Crippen LogP contribution in [0.5, 0.6) is 0 Å². The molecule has 20 heavy (non-hydrogen) atoms. The predicted molar refractivity (Wildman–Crippen MR) is 77.6 cm³/mol. The Labute approximate surface area is 125 Å². The van der Waals surface area contributed by atoms with Gasteiger partial charge in [0.2, 0.25) is 5.91 Å². The second-order valence-corrected chi connectivity index (χ2v) is 8.37. The Morgan fingerprint density at radius 1 is 1.40 bits per heavy atom. The summed E-state index contributed by atoms with van der Waals surface area (Å²) in [5.74, 6) is -0.368. The van der Waals surface area contributed by atoms with Crippen LogP contribution in [0, 0.1) is 5.41 Å². The lowest BCUT2D eigenvalue weighted by Crippen LogP contribution is -2.70. The fourth-order valence-corrected chi connectivity index (χ4v) is 6.49. The molecule has 0 aliphatic carbocycles. The summed E-state index contributed by atoms with van der Waals surface area (Å²) in [5, 5.41) is 32.7. The van der Waals surface area contributed by atoms with Crippen LogP contribution in [0.1, 0.15) is 20.3 Å². The monoisotopic (exact) mass is 321 g/mol. The molecule has 0 saturated carbocycles. The highest BCUT2D eigenvalue weighted by Crippen LogP contribution is 2.54. The maximum absolute atomic E-state index is 12.2. The first-order chi connectivity index (χ1) is 9.24. The van der Waals surface area contributed by atoms with Crippen LogP contribution in [0.15, 0.2) is 0 Å². The summed E-state index contributed by atoms with van der Waals surface area (Å²) in [5.41, 5.74) is -5.22. The minimum absolute atomic E-state index is 0.478. The number of hydrogen-bond donors (Lipinski definition) is 4. The molecule has 2 heterocycles. The third-order valence-corrected chi connectivity index (χ3v) is 7.42. The highest BCUT2D eigenvalue weighted by atomic mass is 32.2. The molecule has 114 valence electrons. The van der Waals surface area contributed by atoms with Crippen molar-refractivity contribution in [1.82, 2.24) is 5.32 Å². The standard InChI is InChI=1S/C12H19NO5S2/c1-10(2)7(15)13-11(6-14,8(16)17)12(10,18)9-19-4-3-5-20-9/h9,14,18H,3-6H2,1-2H3,(H,13,15)(H,16,17)/t11-,12-/m0/s1. The zero-order valence-corrected chi connectivity index (χ0v) is 13.0. The van der Waals surface area contributed by atoms with E-state index in [1.807, 2.05) is 0 Å². The number of aliphatic hydroxyl groups excluding tert-OH is 1. The van der Waals surface area contributed by atoms with Gasteiger partial charge in [0.05, 0.1) is 16.6 Å². The number of nitrogens with one attached hydrogen (secondary N) is 1. The Kier molecular flexibility index (Phi) is 4.05. The lowest BCUT2D eigenvalue weighted by molar-refractivity contribution is -0.164. The molecule has 2 aliphatic heterocycles. The van der Waals surface area contributed by atoms with E-state index in [4.69, 9.17) is 0 Å². The number of aliphatic carboxylic acids is 1. The van der Waals surface area contributed by atoms with E-state index in [9.17, 15) is 24.9 Å². The largest absolute Gasteiger partial charge is 0.479 e. The van der Waals surface area contributed by atoms with Gasteiger partial charge in [-0.3, -0.25) is 4.79 Å². The van der Waals surface area contributed by atoms with Crippen LogP contribution in [0.25, 0.3) is 0 Å². The van der Waals surface area contributed by atoms with Crippen molar-refractivity contribution < 1.29 is 24.9 Å². The number of carbonyl (C=O) groups is 2. The molecule has 2 saturated heterocycles. The average Bonchev–Trinajstić information content (AvgIpc) is 2.59. The summed E-state index contributed by atoms with van der Waals surface area (Å²) in [6, 6.07) is 0. The van der Waals surface area contributed by atoms with Crippen molar-refractivity contribution in [3.63, 3.8) is 0 Å². The smallest absolute Gasteiger partial charge is 0.335 e. The van der Waals surface area contributed by atoms with Gasteiger partial charge in [-0.25, -0.2) is 4.79 Å². The lowest BCUT2D eigenvalue weighted by atomic mass is 9.68. The Hall–Kier alpha value is -0.440. The first-order valence-electron chi connectivity index (χ1n) is 6.36. The van der Waals surface area contributed by atoms with Gasteiger partial charge in [0.15, 0.2) is 5.54 Å². The van der Waals surface area contributed by atoms with E-state index in [1.165, 1.54) is 37.4 Å². The molecule has 8 heteroatoms. The molecule has 2 atom stereocenters. The van der Waals surface area contributed by atoms with Gasteiger partial charge in [-0.05, 0) is 31.8 Å². The Morgan fingerprint density at radius 2 is 1.95 bits per heavy atom. The van der Waals surface area contributed by atoms with E-state index >= 15 is 0 Å². The summed E-state index contributed by atoms with van der Waals surface area (Å²) >= 11 is 2.89. The zero-order chi connectivity index (χ0) is 15.2. The van der Waals surface area contributed by atoms with Crippen LogP contribution < -0.4 is 5.32 Å². The molecule has 0 spiro atoms. The number of amides is 1. The van der Waals surface area contributed by atoms with Gasteiger partial charge < -0.3 is 20.6 Å². The van der Waals surface area contributed by atoms with Crippen LogP contribution in [-0.2, 0) is 9.59 Å². The van der Waals surface area contributed by atoms with Crippen LogP contribution in [0.2, 0.25) is 0 Å². The zero-order valence-electron chi connectivity index (χ0n) is 11.4. The van der Waals surface area contributed by atoms with Crippen molar-refractivity contribution in [2.24, 2.45) is 5.41 Å². The molecule has 0 aromatic heterocycles. The van der Waals surface area contributed by atoms with Gasteiger partial charge in [0.25, 0.3) is 0 Å². The molecule has 0 unspecified atom stereocenters. The molecular formula is C12H19NO5S2. The van der Waals surface area contributed by atoms with Gasteiger partial charge in [-0.1, -0.05) is 0 Å².